The number of nitrogens with one attached hydrogen (secondary N) is 2. The van der Waals surface area contributed by atoms with Gasteiger partial charge in [0, 0.05) is 30.7 Å². The minimum Gasteiger partial charge on any atom is -0.452 e. The Labute approximate surface area is 171 Å². The van der Waals surface area contributed by atoms with Gasteiger partial charge in [-0.05, 0) is 43.3 Å². The van der Waals surface area contributed by atoms with Crippen molar-refractivity contribution in [3.8, 4) is 12.0 Å². The number of carbonyl (C=O) groups excluding carboxylic acids is 3. The number of benzene rings is 1. The first-order valence-electron chi connectivity index (χ1n) is 8.90. The number of aryl methyl sites for hydroxylation is 1. The maximum atomic E-state index is 12.5. The van der Waals surface area contributed by atoms with Crippen molar-refractivity contribution in [3.05, 3.63) is 65.7 Å². The van der Waals surface area contributed by atoms with E-state index in [1.807, 2.05) is 6.07 Å². The predicted octanol–water partition coefficient (Wildman–Crippen LogP) is 3.00. The molecule has 3 rings (SSSR count). The Bertz CT molecular complexity index is 1120. The third-order valence-electron chi connectivity index (χ3n) is 4.04. The number of ether oxygens (including phenoxy) is 1. The van der Waals surface area contributed by atoms with E-state index in [0.29, 0.717) is 11.4 Å². The minimum absolute atomic E-state index is 0.0198. The zero-order chi connectivity index (χ0) is 21.7. The van der Waals surface area contributed by atoms with Crippen molar-refractivity contribution >= 4 is 29.2 Å². The first kappa shape index (κ1) is 20.4. The third-order valence-corrected chi connectivity index (χ3v) is 4.04. The SMILES string of the molecule is CC(=O)Nc1ccc(NC(=O)COC(=O)c2c(C)oc(-n3cccc3)c2C#N)cc1. The molecule has 0 atom stereocenters. The number of anilines is 2. The molecule has 0 fully saturated rings. The third kappa shape index (κ3) is 4.56. The van der Waals surface area contributed by atoms with E-state index >= 15 is 0 Å². The highest BCUT2D eigenvalue weighted by molar-refractivity contribution is 5.98. The Hall–Kier alpha value is -4.32. The Kier molecular flexibility index (Phi) is 5.98. The van der Waals surface area contributed by atoms with Crippen LogP contribution in [0.5, 0.6) is 0 Å². The van der Waals surface area contributed by atoms with E-state index in [1.54, 1.807) is 60.3 Å². The topological polar surface area (TPSA) is 126 Å². The van der Waals surface area contributed by atoms with Crippen molar-refractivity contribution in [3.63, 3.8) is 0 Å². The molecule has 2 aromatic heterocycles. The van der Waals surface area contributed by atoms with Gasteiger partial charge in [0.05, 0.1) is 0 Å². The number of aromatic nitrogens is 1. The molecular formula is C21H18N4O5. The van der Waals surface area contributed by atoms with Crippen molar-refractivity contribution in [2.24, 2.45) is 0 Å². The summed E-state index contributed by atoms with van der Waals surface area (Å²) in [4.78, 5) is 35.6. The molecule has 0 aliphatic rings. The molecule has 0 saturated carbocycles. The summed E-state index contributed by atoms with van der Waals surface area (Å²) in [5, 5.41) is 14.7. The second-order valence-corrected chi connectivity index (χ2v) is 6.30. The molecule has 0 spiro atoms. The summed E-state index contributed by atoms with van der Waals surface area (Å²) >= 11 is 0. The lowest BCUT2D eigenvalue weighted by atomic mass is 10.1. The quantitative estimate of drug-likeness (QED) is 0.606. The molecule has 2 heterocycles. The molecule has 2 amide bonds. The van der Waals surface area contributed by atoms with Gasteiger partial charge in [0.2, 0.25) is 11.8 Å². The number of nitrogens with zero attached hydrogens (tertiary/aromatic N) is 2. The molecule has 0 saturated heterocycles. The molecule has 1 aromatic carbocycles. The van der Waals surface area contributed by atoms with Crippen LogP contribution in [0.2, 0.25) is 0 Å². The van der Waals surface area contributed by atoms with Crippen LogP contribution in [0, 0.1) is 18.3 Å². The van der Waals surface area contributed by atoms with Gasteiger partial charge in [-0.1, -0.05) is 0 Å². The van der Waals surface area contributed by atoms with E-state index in [4.69, 9.17) is 9.15 Å². The zero-order valence-electron chi connectivity index (χ0n) is 16.3. The molecule has 0 radical (unpaired) electrons. The maximum Gasteiger partial charge on any atom is 0.343 e. The van der Waals surface area contributed by atoms with Crippen LogP contribution in [0.1, 0.15) is 28.6 Å². The van der Waals surface area contributed by atoms with Gasteiger partial charge in [-0.2, -0.15) is 5.26 Å². The number of nitriles is 1. The summed E-state index contributed by atoms with van der Waals surface area (Å²) in [5.74, 6) is -1.17. The van der Waals surface area contributed by atoms with Gasteiger partial charge < -0.3 is 19.8 Å². The molecule has 0 unspecified atom stereocenters. The number of rotatable bonds is 6. The lowest BCUT2D eigenvalue weighted by molar-refractivity contribution is -0.119. The van der Waals surface area contributed by atoms with Crippen LogP contribution < -0.4 is 10.6 Å². The Morgan fingerprint density at radius 2 is 1.70 bits per heavy atom. The van der Waals surface area contributed by atoms with Crippen LogP contribution in [0.4, 0.5) is 11.4 Å². The maximum absolute atomic E-state index is 12.5. The van der Waals surface area contributed by atoms with E-state index in [9.17, 15) is 19.6 Å². The average Bonchev–Trinajstić information content (AvgIpc) is 3.34. The average molecular weight is 406 g/mol. The number of carbonyl (C=O) groups is 3. The minimum atomic E-state index is -0.831. The summed E-state index contributed by atoms with van der Waals surface area (Å²) in [6.45, 7) is 2.40. The molecule has 2 N–H and O–H groups in total. The van der Waals surface area contributed by atoms with Crippen molar-refractivity contribution in [2.75, 3.05) is 17.2 Å². The van der Waals surface area contributed by atoms with Crippen molar-refractivity contribution in [1.29, 1.82) is 5.26 Å². The van der Waals surface area contributed by atoms with Crippen LogP contribution in [-0.4, -0.2) is 29.0 Å². The smallest absolute Gasteiger partial charge is 0.343 e. The lowest BCUT2D eigenvalue weighted by Crippen LogP contribution is -2.21. The van der Waals surface area contributed by atoms with Crippen molar-refractivity contribution < 1.29 is 23.5 Å². The van der Waals surface area contributed by atoms with E-state index < -0.39 is 18.5 Å². The van der Waals surface area contributed by atoms with Gasteiger partial charge >= 0.3 is 5.97 Å². The van der Waals surface area contributed by atoms with Crippen LogP contribution >= 0.6 is 0 Å². The number of esters is 1. The van der Waals surface area contributed by atoms with E-state index in [1.165, 1.54) is 6.92 Å². The normalized spacial score (nSPS) is 10.2. The van der Waals surface area contributed by atoms with Gasteiger partial charge in [-0.15, -0.1) is 0 Å². The first-order valence-corrected chi connectivity index (χ1v) is 8.90. The Morgan fingerprint density at radius 1 is 1.10 bits per heavy atom. The van der Waals surface area contributed by atoms with Gasteiger partial charge in [0.1, 0.15) is 23.0 Å². The highest BCUT2D eigenvalue weighted by Gasteiger charge is 2.26. The van der Waals surface area contributed by atoms with Gasteiger partial charge in [0.25, 0.3) is 5.91 Å². The van der Waals surface area contributed by atoms with E-state index in [0.717, 1.165) is 0 Å². The molecule has 9 nitrogen and oxygen atoms in total. The van der Waals surface area contributed by atoms with Gasteiger partial charge in [-0.25, -0.2) is 4.79 Å². The Morgan fingerprint density at radius 3 is 2.27 bits per heavy atom. The van der Waals surface area contributed by atoms with Crippen molar-refractivity contribution in [1.82, 2.24) is 4.57 Å². The second-order valence-electron chi connectivity index (χ2n) is 6.30. The number of furan rings is 1. The Balaban J connectivity index is 1.64. The molecule has 30 heavy (non-hydrogen) atoms. The lowest BCUT2D eigenvalue weighted by Gasteiger charge is -2.08. The molecule has 9 heteroatoms. The fourth-order valence-electron chi connectivity index (χ4n) is 2.77. The summed E-state index contributed by atoms with van der Waals surface area (Å²) < 4.78 is 12.2. The van der Waals surface area contributed by atoms with Crippen LogP contribution in [-0.2, 0) is 14.3 Å². The molecule has 0 aliphatic heterocycles. The van der Waals surface area contributed by atoms with E-state index in [-0.39, 0.29) is 28.7 Å². The highest BCUT2D eigenvalue weighted by atomic mass is 16.5. The van der Waals surface area contributed by atoms with Crippen LogP contribution in [0.15, 0.2) is 53.2 Å². The van der Waals surface area contributed by atoms with Gasteiger partial charge in [0.15, 0.2) is 6.61 Å². The fourth-order valence-corrected chi connectivity index (χ4v) is 2.77. The zero-order valence-corrected chi connectivity index (χ0v) is 16.3. The summed E-state index contributed by atoms with van der Waals surface area (Å²) in [7, 11) is 0. The number of hydrogen-bond donors (Lipinski definition) is 2. The molecule has 0 bridgehead atoms. The summed E-state index contributed by atoms with van der Waals surface area (Å²) in [6.07, 6.45) is 3.36. The van der Waals surface area contributed by atoms with Crippen LogP contribution in [0.25, 0.3) is 5.88 Å². The summed E-state index contributed by atoms with van der Waals surface area (Å²) in [5.41, 5.74) is 1.07. The predicted molar refractivity (Wildman–Crippen MR) is 107 cm³/mol. The largest absolute Gasteiger partial charge is 0.452 e. The van der Waals surface area contributed by atoms with Crippen LogP contribution in [0.3, 0.4) is 0 Å². The highest BCUT2D eigenvalue weighted by Crippen LogP contribution is 2.26. The molecule has 152 valence electrons. The second kappa shape index (κ2) is 8.79. The fraction of sp³-hybridized carbons (Fsp3) is 0.143. The standard InChI is InChI=1S/C21H18N4O5/c1-13-19(17(11-22)20(30-13)25-9-3-4-10-25)21(28)29-12-18(27)24-16-7-5-15(6-8-16)23-14(2)26/h3-10H,12H2,1-2H3,(H,23,26)(H,24,27). The molecule has 0 aliphatic carbocycles. The summed E-state index contributed by atoms with van der Waals surface area (Å²) in [6, 6.07) is 11.9. The van der Waals surface area contributed by atoms with Crippen molar-refractivity contribution in [2.45, 2.75) is 13.8 Å². The van der Waals surface area contributed by atoms with Gasteiger partial charge in [-0.3, -0.25) is 14.2 Å². The molecule has 3 aromatic rings. The molecular weight excluding hydrogens is 388 g/mol. The number of amides is 2. The monoisotopic (exact) mass is 406 g/mol. The number of hydrogen-bond acceptors (Lipinski definition) is 6. The first-order chi connectivity index (χ1) is 14.4. The van der Waals surface area contributed by atoms with E-state index in [2.05, 4.69) is 10.6 Å².